The zero-order chi connectivity index (χ0) is 52.9. The molecule has 0 heterocycles. The molecule has 0 fully saturated rings. The normalized spacial score (nSPS) is 12.5. The molecule has 0 bridgehead atoms. The maximum absolute atomic E-state index is 12.5. The van der Waals surface area contributed by atoms with Crippen LogP contribution in [0.1, 0.15) is 380 Å². The van der Waals surface area contributed by atoms with E-state index in [9.17, 15) is 19.8 Å². The Labute approximate surface area is 457 Å². The van der Waals surface area contributed by atoms with Gasteiger partial charge in [0.1, 0.15) is 0 Å². The van der Waals surface area contributed by atoms with Crippen molar-refractivity contribution in [2.24, 2.45) is 0 Å². The number of carbonyl (C=O) groups is 2. The highest BCUT2D eigenvalue weighted by molar-refractivity contribution is 5.76. The third-order valence-electron chi connectivity index (χ3n) is 15.8. The average Bonchev–Trinajstić information content (AvgIpc) is 3.39. The quantitative estimate of drug-likeness (QED) is 0.0320. The summed E-state index contributed by atoms with van der Waals surface area (Å²) >= 11 is 0. The van der Waals surface area contributed by atoms with Crippen LogP contribution in [0.3, 0.4) is 0 Å². The van der Waals surface area contributed by atoms with E-state index in [1.807, 2.05) is 0 Å². The van der Waals surface area contributed by atoms with Crippen molar-refractivity contribution in [1.82, 2.24) is 5.32 Å². The first-order valence-electron chi connectivity index (χ1n) is 33.4. The Morgan fingerprint density at radius 3 is 0.973 bits per heavy atom. The predicted molar refractivity (Wildman–Crippen MR) is 320 cm³/mol. The molecule has 73 heavy (non-hydrogen) atoms. The van der Waals surface area contributed by atoms with E-state index in [-0.39, 0.29) is 18.5 Å². The van der Waals surface area contributed by atoms with E-state index < -0.39 is 12.1 Å². The SMILES string of the molecule is CCCCCCCCCCCCCCCCCCCCCCCC(O)C(CO)NC(=O)CCCCCCCCC/C=C\CCCCCCCCCCCCCOC(=O)CCCCCCCCCCCCCCC. The number of hydrogen-bond donors (Lipinski definition) is 3. The van der Waals surface area contributed by atoms with E-state index >= 15 is 0 Å². The topological polar surface area (TPSA) is 95.9 Å². The highest BCUT2D eigenvalue weighted by Gasteiger charge is 2.20. The molecule has 3 N–H and O–H groups in total. The molecule has 0 saturated carbocycles. The first-order valence-corrected chi connectivity index (χ1v) is 33.4. The fourth-order valence-electron chi connectivity index (χ4n) is 10.7. The lowest BCUT2D eigenvalue weighted by Crippen LogP contribution is -2.45. The Morgan fingerprint density at radius 2 is 0.644 bits per heavy atom. The Morgan fingerprint density at radius 1 is 0.370 bits per heavy atom. The number of hydrogen-bond acceptors (Lipinski definition) is 5. The van der Waals surface area contributed by atoms with Gasteiger partial charge in [0.15, 0.2) is 0 Å². The molecule has 0 aliphatic heterocycles. The van der Waals surface area contributed by atoms with Crippen molar-refractivity contribution < 1.29 is 24.5 Å². The lowest BCUT2D eigenvalue weighted by Gasteiger charge is -2.22. The van der Waals surface area contributed by atoms with Gasteiger partial charge in [-0.1, -0.05) is 328 Å². The minimum Gasteiger partial charge on any atom is -0.466 e. The van der Waals surface area contributed by atoms with Gasteiger partial charge in [-0.3, -0.25) is 9.59 Å². The van der Waals surface area contributed by atoms with Crippen LogP contribution in [-0.4, -0.2) is 47.4 Å². The molecule has 6 heteroatoms. The second-order valence-electron chi connectivity index (χ2n) is 23.2. The van der Waals surface area contributed by atoms with Gasteiger partial charge in [0.25, 0.3) is 0 Å². The maximum atomic E-state index is 12.5. The smallest absolute Gasteiger partial charge is 0.305 e. The molecular weight excluding hydrogens is 899 g/mol. The first kappa shape index (κ1) is 71.6. The number of esters is 1. The number of nitrogens with one attached hydrogen (secondary N) is 1. The predicted octanol–water partition coefficient (Wildman–Crippen LogP) is 21.2. The molecule has 0 saturated heterocycles. The van der Waals surface area contributed by atoms with Crippen LogP contribution in [0.15, 0.2) is 12.2 Å². The van der Waals surface area contributed by atoms with Crippen molar-refractivity contribution in [2.45, 2.75) is 392 Å². The monoisotopic (exact) mass is 1030 g/mol. The van der Waals surface area contributed by atoms with Crippen molar-refractivity contribution in [2.75, 3.05) is 13.2 Å². The Bertz CT molecular complexity index is 1100. The Balaban J connectivity index is 3.41. The van der Waals surface area contributed by atoms with E-state index in [4.69, 9.17) is 4.74 Å². The largest absolute Gasteiger partial charge is 0.466 e. The molecule has 0 rings (SSSR count). The number of amides is 1. The molecule has 2 unspecified atom stereocenters. The number of unbranched alkanes of at least 4 members (excludes halogenated alkanes) is 50. The molecule has 0 aromatic carbocycles. The molecule has 434 valence electrons. The van der Waals surface area contributed by atoms with E-state index in [1.165, 1.54) is 308 Å². The standard InChI is InChI=1S/C67H131NO5/c1-3-5-7-9-11-13-15-17-18-19-20-23-26-29-32-36-39-43-47-51-55-59-65(70)64(63-69)68-66(71)60-56-52-48-44-40-37-33-30-27-24-21-22-25-28-31-34-38-42-46-50-54-58-62-73-67(72)61-57-53-49-45-41-35-16-14-12-10-8-6-4-2/h24,27,64-65,69-70H,3-23,25-26,28-63H2,1-2H3,(H,68,71)/b27-24-. The van der Waals surface area contributed by atoms with Gasteiger partial charge in [-0.15, -0.1) is 0 Å². The summed E-state index contributed by atoms with van der Waals surface area (Å²) in [5, 5.41) is 23.4. The minimum atomic E-state index is -0.669. The average molecular weight is 1030 g/mol. The summed E-state index contributed by atoms with van der Waals surface area (Å²) in [4.78, 5) is 24.6. The van der Waals surface area contributed by atoms with E-state index in [0.717, 1.165) is 38.5 Å². The van der Waals surface area contributed by atoms with Gasteiger partial charge >= 0.3 is 5.97 Å². The van der Waals surface area contributed by atoms with Gasteiger partial charge in [-0.2, -0.15) is 0 Å². The number of rotatable bonds is 63. The van der Waals surface area contributed by atoms with Crippen molar-refractivity contribution in [3.8, 4) is 0 Å². The van der Waals surface area contributed by atoms with Crippen LogP contribution in [0.4, 0.5) is 0 Å². The van der Waals surface area contributed by atoms with Gasteiger partial charge in [0.2, 0.25) is 5.91 Å². The summed E-state index contributed by atoms with van der Waals surface area (Å²) in [7, 11) is 0. The summed E-state index contributed by atoms with van der Waals surface area (Å²) in [6.45, 7) is 4.99. The van der Waals surface area contributed by atoms with Crippen molar-refractivity contribution in [3.05, 3.63) is 12.2 Å². The second-order valence-corrected chi connectivity index (χ2v) is 23.2. The Hall–Kier alpha value is -1.40. The number of ether oxygens (including phenoxy) is 1. The zero-order valence-electron chi connectivity index (χ0n) is 49.6. The van der Waals surface area contributed by atoms with Gasteiger partial charge < -0.3 is 20.3 Å². The number of aliphatic hydroxyl groups is 2. The summed E-state index contributed by atoms with van der Waals surface area (Å²) in [6, 6.07) is -0.547. The molecule has 2 atom stereocenters. The van der Waals surface area contributed by atoms with Crippen LogP contribution in [0.5, 0.6) is 0 Å². The van der Waals surface area contributed by atoms with Crippen LogP contribution in [0.25, 0.3) is 0 Å². The molecule has 0 aliphatic carbocycles. The fraction of sp³-hybridized carbons (Fsp3) is 0.940. The number of aliphatic hydroxyl groups excluding tert-OH is 2. The maximum Gasteiger partial charge on any atom is 0.305 e. The summed E-state index contributed by atoms with van der Waals surface area (Å²) in [6.07, 6.45) is 76.6. The molecule has 0 aromatic rings. The second kappa shape index (κ2) is 63.1. The van der Waals surface area contributed by atoms with Crippen LogP contribution >= 0.6 is 0 Å². The highest BCUT2D eigenvalue weighted by Crippen LogP contribution is 2.19. The van der Waals surface area contributed by atoms with E-state index in [0.29, 0.717) is 25.9 Å². The molecule has 0 spiro atoms. The molecule has 6 nitrogen and oxygen atoms in total. The van der Waals surface area contributed by atoms with Gasteiger partial charge in [-0.25, -0.2) is 0 Å². The summed E-state index contributed by atoms with van der Waals surface area (Å²) in [5.74, 6) is -0.0250. The van der Waals surface area contributed by atoms with Gasteiger partial charge in [0, 0.05) is 12.8 Å². The van der Waals surface area contributed by atoms with Crippen molar-refractivity contribution in [3.63, 3.8) is 0 Å². The van der Waals surface area contributed by atoms with Crippen LogP contribution in [0, 0.1) is 0 Å². The lowest BCUT2D eigenvalue weighted by molar-refractivity contribution is -0.143. The van der Waals surface area contributed by atoms with Gasteiger partial charge in [0.05, 0.1) is 25.4 Å². The van der Waals surface area contributed by atoms with Crippen LogP contribution in [0.2, 0.25) is 0 Å². The Kier molecular flexibility index (Phi) is 61.9. The number of carbonyl (C=O) groups excluding carboxylic acids is 2. The molecule has 0 radical (unpaired) electrons. The van der Waals surface area contributed by atoms with Crippen molar-refractivity contribution in [1.29, 1.82) is 0 Å². The molecule has 0 aliphatic rings. The zero-order valence-corrected chi connectivity index (χ0v) is 49.6. The lowest BCUT2D eigenvalue weighted by atomic mass is 10.0. The molecule has 1 amide bonds. The van der Waals surface area contributed by atoms with Crippen LogP contribution < -0.4 is 5.32 Å². The first-order chi connectivity index (χ1) is 36.0. The fourth-order valence-corrected chi connectivity index (χ4v) is 10.7. The summed E-state index contributed by atoms with van der Waals surface area (Å²) in [5.41, 5.74) is 0. The van der Waals surface area contributed by atoms with E-state index in [1.54, 1.807) is 0 Å². The minimum absolute atomic E-state index is 0.0125. The third kappa shape index (κ3) is 59.7. The molecule has 0 aromatic heterocycles. The van der Waals surface area contributed by atoms with Crippen molar-refractivity contribution >= 4 is 11.9 Å². The third-order valence-corrected chi connectivity index (χ3v) is 15.8. The van der Waals surface area contributed by atoms with Gasteiger partial charge in [-0.05, 0) is 51.4 Å². The van der Waals surface area contributed by atoms with Crippen LogP contribution in [-0.2, 0) is 14.3 Å². The number of allylic oxidation sites excluding steroid dienone is 2. The van der Waals surface area contributed by atoms with E-state index in [2.05, 4.69) is 31.3 Å². The molecular formula is C67H131NO5. The summed E-state index contributed by atoms with van der Waals surface area (Å²) < 4.78 is 5.48. The highest BCUT2D eigenvalue weighted by atomic mass is 16.5.